The molecule has 116 valence electrons. The topological polar surface area (TPSA) is 87.6 Å². The molecule has 0 unspecified atom stereocenters. The highest BCUT2D eigenvalue weighted by Gasteiger charge is 2.30. The molecule has 7 nitrogen and oxygen atoms in total. The first-order valence-corrected chi connectivity index (χ1v) is 7.08. The van der Waals surface area contributed by atoms with E-state index in [9.17, 15) is 9.90 Å². The minimum absolute atomic E-state index is 0.0121. The molecule has 0 saturated carbocycles. The van der Waals surface area contributed by atoms with Crippen LogP contribution in [0.3, 0.4) is 0 Å². The van der Waals surface area contributed by atoms with Crippen molar-refractivity contribution in [2.24, 2.45) is 0 Å². The highest BCUT2D eigenvalue weighted by atomic mass is 35.5. The Kier molecular flexibility index (Phi) is 4.41. The number of amides is 1. The molecule has 0 spiro atoms. The third kappa shape index (κ3) is 4.35. The summed E-state index contributed by atoms with van der Waals surface area (Å²) in [5, 5.41) is 12.6. The average molecular weight is 315 g/mol. The Hall–Kier alpha value is -1.76. The quantitative estimate of drug-likeness (QED) is 0.870. The molecular formula is C13H19ClN4O3. The fourth-order valence-electron chi connectivity index (χ4n) is 1.98. The van der Waals surface area contributed by atoms with E-state index in [0.717, 1.165) is 6.42 Å². The molecule has 0 aliphatic carbocycles. The SMILES string of the molecule is CC(C)(C)OC(=O)N1CC[C@H](Nc2ncc(Cl)c(O)n2)C1. The van der Waals surface area contributed by atoms with Gasteiger partial charge in [0.25, 0.3) is 0 Å². The standard InChI is InChI=1S/C13H19ClN4O3/c1-13(2,3)21-12(20)18-5-4-8(7-18)16-11-15-6-9(14)10(19)17-11/h6,8H,4-5,7H2,1-3H3,(H2,15,16,17,19)/t8-/m0/s1. The zero-order chi connectivity index (χ0) is 15.6. The van der Waals surface area contributed by atoms with E-state index in [2.05, 4.69) is 15.3 Å². The van der Waals surface area contributed by atoms with Crippen LogP contribution in [0.25, 0.3) is 0 Å². The molecule has 1 aromatic rings. The summed E-state index contributed by atoms with van der Waals surface area (Å²) in [6.07, 6.45) is 1.75. The number of hydrogen-bond acceptors (Lipinski definition) is 6. The third-order valence-corrected chi connectivity index (χ3v) is 3.17. The van der Waals surface area contributed by atoms with Gasteiger partial charge in [-0.15, -0.1) is 0 Å². The lowest BCUT2D eigenvalue weighted by atomic mass is 10.2. The lowest BCUT2D eigenvalue weighted by molar-refractivity contribution is 0.0293. The number of nitrogens with zero attached hydrogens (tertiary/aromatic N) is 3. The van der Waals surface area contributed by atoms with Crippen LogP contribution < -0.4 is 5.32 Å². The Morgan fingerprint density at radius 3 is 2.90 bits per heavy atom. The number of aromatic hydroxyl groups is 1. The number of carbonyl (C=O) groups excluding carboxylic acids is 1. The highest BCUT2D eigenvalue weighted by Crippen LogP contribution is 2.22. The molecule has 0 bridgehead atoms. The summed E-state index contributed by atoms with van der Waals surface area (Å²) in [7, 11) is 0. The van der Waals surface area contributed by atoms with Gasteiger partial charge < -0.3 is 20.1 Å². The van der Waals surface area contributed by atoms with Gasteiger partial charge in [-0.3, -0.25) is 0 Å². The molecular weight excluding hydrogens is 296 g/mol. The molecule has 2 rings (SSSR count). The van der Waals surface area contributed by atoms with Crippen molar-refractivity contribution in [1.82, 2.24) is 14.9 Å². The van der Waals surface area contributed by atoms with Crippen LogP contribution in [0, 0.1) is 0 Å². The number of nitrogens with one attached hydrogen (secondary N) is 1. The first-order valence-electron chi connectivity index (χ1n) is 6.70. The van der Waals surface area contributed by atoms with Gasteiger partial charge in [-0.05, 0) is 27.2 Å². The Morgan fingerprint density at radius 1 is 1.57 bits per heavy atom. The summed E-state index contributed by atoms with van der Waals surface area (Å²) in [5.41, 5.74) is -0.506. The van der Waals surface area contributed by atoms with Crippen LogP contribution in [-0.4, -0.2) is 50.8 Å². The Labute approximate surface area is 128 Å². The minimum atomic E-state index is -0.506. The van der Waals surface area contributed by atoms with Crippen molar-refractivity contribution in [1.29, 1.82) is 0 Å². The third-order valence-electron chi connectivity index (χ3n) is 2.90. The first-order chi connectivity index (χ1) is 9.74. The Morgan fingerprint density at radius 2 is 2.29 bits per heavy atom. The fraction of sp³-hybridized carbons (Fsp3) is 0.615. The molecule has 0 aromatic carbocycles. The van der Waals surface area contributed by atoms with Crippen LogP contribution in [0.2, 0.25) is 5.02 Å². The zero-order valence-electron chi connectivity index (χ0n) is 12.3. The van der Waals surface area contributed by atoms with Gasteiger partial charge in [-0.25, -0.2) is 9.78 Å². The number of halogens is 1. The van der Waals surface area contributed by atoms with Gasteiger partial charge in [-0.2, -0.15) is 4.98 Å². The van der Waals surface area contributed by atoms with E-state index in [-0.39, 0.29) is 29.0 Å². The number of likely N-dealkylation sites (tertiary alicyclic amines) is 1. The zero-order valence-corrected chi connectivity index (χ0v) is 13.0. The molecule has 2 N–H and O–H groups in total. The normalized spacial score (nSPS) is 18.7. The van der Waals surface area contributed by atoms with Crippen molar-refractivity contribution in [2.75, 3.05) is 18.4 Å². The van der Waals surface area contributed by atoms with Gasteiger partial charge >= 0.3 is 6.09 Å². The van der Waals surface area contributed by atoms with Crippen LogP contribution >= 0.6 is 11.6 Å². The smallest absolute Gasteiger partial charge is 0.410 e. The second-order valence-corrected chi connectivity index (χ2v) is 6.33. The molecule has 2 heterocycles. The molecule has 1 fully saturated rings. The van der Waals surface area contributed by atoms with Crippen LogP contribution in [-0.2, 0) is 4.74 Å². The number of aromatic nitrogens is 2. The molecule has 1 aliphatic rings. The van der Waals surface area contributed by atoms with Crippen molar-refractivity contribution >= 4 is 23.6 Å². The average Bonchev–Trinajstić information content (AvgIpc) is 2.80. The number of ether oxygens (including phenoxy) is 1. The first kappa shape index (κ1) is 15.6. The molecule has 1 aromatic heterocycles. The molecule has 1 saturated heterocycles. The lowest BCUT2D eigenvalue weighted by Crippen LogP contribution is -2.36. The van der Waals surface area contributed by atoms with Crippen molar-refractivity contribution in [3.63, 3.8) is 0 Å². The van der Waals surface area contributed by atoms with E-state index < -0.39 is 5.60 Å². The van der Waals surface area contributed by atoms with Gasteiger partial charge in [-0.1, -0.05) is 11.6 Å². The summed E-state index contributed by atoms with van der Waals surface area (Å²) in [4.78, 5) is 21.4. The summed E-state index contributed by atoms with van der Waals surface area (Å²) in [6.45, 7) is 6.61. The van der Waals surface area contributed by atoms with Gasteiger partial charge in [0, 0.05) is 19.1 Å². The summed E-state index contributed by atoms with van der Waals surface area (Å²) >= 11 is 5.65. The van der Waals surface area contributed by atoms with E-state index in [1.165, 1.54) is 6.20 Å². The number of carbonyl (C=O) groups is 1. The Balaban J connectivity index is 1.90. The summed E-state index contributed by atoms with van der Waals surface area (Å²) < 4.78 is 5.33. The minimum Gasteiger partial charge on any atom is -0.492 e. The van der Waals surface area contributed by atoms with E-state index in [1.807, 2.05) is 20.8 Å². The fourth-order valence-corrected chi connectivity index (χ4v) is 2.07. The maximum Gasteiger partial charge on any atom is 0.410 e. The summed E-state index contributed by atoms with van der Waals surface area (Å²) in [6, 6.07) is 0.0121. The van der Waals surface area contributed by atoms with Crippen LogP contribution in [0.1, 0.15) is 27.2 Å². The van der Waals surface area contributed by atoms with Crippen LogP contribution in [0.15, 0.2) is 6.20 Å². The second-order valence-electron chi connectivity index (χ2n) is 5.92. The number of anilines is 1. The maximum absolute atomic E-state index is 11.9. The second kappa shape index (κ2) is 5.93. The maximum atomic E-state index is 11.9. The summed E-state index contributed by atoms with van der Waals surface area (Å²) in [5.74, 6) is 0.0177. The Bertz CT molecular complexity index is 533. The van der Waals surface area contributed by atoms with Crippen LogP contribution in [0.4, 0.5) is 10.7 Å². The van der Waals surface area contributed by atoms with Crippen molar-refractivity contribution < 1.29 is 14.6 Å². The molecule has 1 amide bonds. The molecule has 1 aliphatic heterocycles. The predicted molar refractivity (Wildman–Crippen MR) is 78.5 cm³/mol. The van der Waals surface area contributed by atoms with E-state index >= 15 is 0 Å². The lowest BCUT2D eigenvalue weighted by Gasteiger charge is -2.24. The van der Waals surface area contributed by atoms with Crippen molar-refractivity contribution in [3.8, 4) is 5.88 Å². The van der Waals surface area contributed by atoms with E-state index in [0.29, 0.717) is 13.1 Å². The molecule has 1 atom stereocenters. The van der Waals surface area contributed by atoms with Gasteiger partial charge in [0.15, 0.2) is 0 Å². The molecule has 0 radical (unpaired) electrons. The van der Waals surface area contributed by atoms with Crippen molar-refractivity contribution in [3.05, 3.63) is 11.2 Å². The van der Waals surface area contributed by atoms with Gasteiger partial charge in [0.1, 0.15) is 10.6 Å². The van der Waals surface area contributed by atoms with Gasteiger partial charge in [0.2, 0.25) is 11.8 Å². The number of hydrogen-bond donors (Lipinski definition) is 2. The largest absolute Gasteiger partial charge is 0.492 e. The highest BCUT2D eigenvalue weighted by molar-refractivity contribution is 6.31. The predicted octanol–water partition coefficient (Wildman–Crippen LogP) is 2.26. The van der Waals surface area contributed by atoms with E-state index in [4.69, 9.17) is 16.3 Å². The monoisotopic (exact) mass is 314 g/mol. The molecule has 8 heteroatoms. The van der Waals surface area contributed by atoms with Crippen molar-refractivity contribution in [2.45, 2.75) is 38.8 Å². The van der Waals surface area contributed by atoms with Crippen LogP contribution in [0.5, 0.6) is 5.88 Å². The van der Waals surface area contributed by atoms with Gasteiger partial charge in [0.05, 0.1) is 6.20 Å². The number of rotatable bonds is 2. The molecule has 21 heavy (non-hydrogen) atoms. The van der Waals surface area contributed by atoms with E-state index in [1.54, 1.807) is 4.90 Å².